The molecule has 0 spiro atoms. The van der Waals surface area contributed by atoms with Gasteiger partial charge in [-0.1, -0.05) is 12.1 Å². The summed E-state index contributed by atoms with van der Waals surface area (Å²) in [6.45, 7) is 5.56. The SMILES string of the molecule is CC(c1cccc(C(N)=O)c1)N1CCOCC1. The number of primary amides is 1. The lowest BCUT2D eigenvalue weighted by atomic mass is 10.0. The Bertz CT molecular complexity index is 400. The average Bonchev–Trinajstić information content (AvgIpc) is 2.39. The number of nitrogens with zero attached hydrogens (tertiary/aromatic N) is 1. The third-order valence-electron chi connectivity index (χ3n) is 3.25. The quantitative estimate of drug-likeness (QED) is 0.854. The van der Waals surface area contributed by atoms with Crippen LogP contribution in [-0.2, 0) is 4.74 Å². The van der Waals surface area contributed by atoms with Crippen molar-refractivity contribution in [3.05, 3.63) is 35.4 Å². The van der Waals surface area contributed by atoms with Crippen LogP contribution < -0.4 is 5.73 Å². The fourth-order valence-corrected chi connectivity index (χ4v) is 2.13. The first-order chi connectivity index (χ1) is 8.18. The molecule has 1 unspecified atom stereocenters. The molecule has 1 aliphatic heterocycles. The van der Waals surface area contributed by atoms with Crippen molar-refractivity contribution in [3.8, 4) is 0 Å². The number of morpholine rings is 1. The number of amides is 1. The molecule has 0 bridgehead atoms. The van der Waals surface area contributed by atoms with E-state index in [1.807, 2.05) is 18.2 Å². The number of hydrogen-bond donors (Lipinski definition) is 1. The van der Waals surface area contributed by atoms with E-state index >= 15 is 0 Å². The van der Waals surface area contributed by atoms with E-state index in [2.05, 4.69) is 11.8 Å². The second kappa shape index (κ2) is 5.29. The summed E-state index contributed by atoms with van der Waals surface area (Å²) in [5.74, 6) is -0.374. The summed E-state index contributed by atoms with van der Waals surface area (Å²) in [5.41, 5.74) is 6.99. The van der Waals surface area contributed by atoms with Gasteiger partial charge in [0.05, 0.1) is 13.2 Å². The van der Waals surface area contributed by atoms with Crippen LogP contribution in [0.2, 0.25) is 0 Å². The summed E-state index contributed by atoms with van der Waals surface area (Å²) >= 11 is 0. The first-order valence-electron chi connectivity index (χ1n) is 5.90. The van der Waals surface area contributed by atoms with Gasteiger partial charge >= 0.3 is 0 Å². The highest BCUT2D eigenvalue weighted by Crippen LogP contribution is 2.21. The topological polar surface area (TPSA) is 55.6 Å². The van der Waals surface area contributed by atoms with Crippen molar-refractivity contribution < 1.29 is 9.53 Å². The lowest BCUT2D eigenvalue weighted by molar-refractivity contribution is 0.0198. The average molecular weight is 234 g/mol. The highest BCUT2D eigenvalue weighted by molar-refractivity contribution is 5.92. The summed E-state index contributed by atoms with van der Waals surface area (Å²) < 4.78 is 5.33. The Morgan fingerprint density at radius 2 is 2.12 bits per heavy atom. The van der Waals surface area contributed by atoms with Crippen molar-refractivity contribution in [2.75, 3.05) is 26.3 Å². The Hall–Kier alpha value is -1.39. The zero-order chi connectivity index (χ0) is 12.3. The number of carbonyl (C=O) groups excluding carboxylic acids is 1. The van der Waals surface area contributed by atoms with Gasteiger partial charge in [0.1, 0.15) is 0 Å². The number of rotatable bonds is 3. The molecule has 0 radical (unpaired) electrons. The predicted octanol–water partition coefficient (Wildman–Crippen LogP) is 1.18. The fourth-order valence-electron chi connectivity index (χ4n) is 2.13. The summed E-state index contributed by atoms with van der Waals surface area (Å²) in [6.07, 6.45) is 0. The van der Waals surface area contributed by atoms with E-state index in [-0.39, 0.29) is 11.9 Å². The van der Waals surface area contributed by atoms with Gasteiger partial charge in [-0.15, -0.1) is 0 Å². The molecule has 4 heteroatoms. The number of hydrogen-bond acceptors (Lipinski definition) is 3. The molecule has 17 heavy (non-hydrogen) atoms. The summed E-state index contributed by atoms with van der Waals surface area (Å²) in [5, 5.41) is 0. The van der Waals surface area contributed by atoms with Crippen molar-refractivity contribution in [3.63, 3.8) is 0 Å². The second-order valence-corrected chi connectivity index (χ2v) is 4.31. The van der Waals surface area contributed by atoms with Gasteiger partial charge < -0.3 is 10.5 Å². The number of nitrogens with two attached hydrogens (primary N) is 1. The highest BCUT2D eigenvalue weighted by Gasteiger charge is 2.18. The van der Waals surface area contributed by atoms with Gasteiger partial charge in [0, 0.05) is 24.7 Å². The Morgan fingerprint density at radius 3 is 2.76 bits per heavy atom. The van der Waals surface area contributed by atoms with Crippen molar-refractivity contribution in [2.24, 2.45) is 5.73 Å². The molecule has 1 aromatic carbocycles. The molecule has 1 aromatic rings. The van der Waals surface area contributed by atoms with Gasteiger partial charge in [0.15, 0.2) is 0 Å². The Balaban J connectivity index is 2.14. The lowest BCUT2D eigenvalue weighted by Gasteiger charge is -2.32. The molecule has 0 aliphatic carbocycles. The maximum atomic E-state index is 11.1. The van der Waals surface area contributed by atoms with Gasteiger partial charge in [-0.25, -0.2) is 0 Å². The van der Waals surface area contributed by atoms with E-state index in [9.17, 15) is 4.79 Å². The molecule has 1 amide bonds. The minimum Gasteiger partial charge on any atom is -0.379 e. The molecule has 1 heterocycles. The fraction of sp³-hybridized carbons (Fsp3) is 0.462. The largest absolute Gasteiger partial charge is 0.379 e. The number of ether oxygens (including phenoxy) is 1. The van der Waals surface area contributed by atoms with Crippen molar-refractivity contribution in [1.82, 2.24) is 4.90 Å². The molecule has 2 N–H and O–H groups in total. The van der Waals surface area contributed by atoms with Crippen molar-refractivity contribution in [2.45, 2.75) is 13.0 Å². The van der Waals surface area contributed by atoms with E-state index in [1.165, 1.54) is 0 Å². The number of carbonyl (C=O) groups is 1. The zero-order valence-corrected chi connectivity index (χ0v) is 10.1. The van der Waals surface area contributed by atoms with Crippen LogP contribution in [-0.4, -0.2) is 37.1 Å². The molecule has 2 rings (SSSR count). The molecule has 1 atom stereocenters. The summed E-state index contributed by atoms with van der Waals surface area (Å²) in [6, 6.07) is 7.83. The van der Waals surface area contributed by atoms with Crippen LogP contribution in [0, 0.1) is 0 Å². The normalized spacial score (nSPS) is 18.9. The Kier molecular flexibility index (Phi) is 3.76. The summed E-state index contributed by atoms with van der Waals surface area (Å²) in [4.78, 5) is 13.5. The van der Waals surface area contributed by atoms with Crippen LogP contribution in [0.1, 0.15) is 28.9 Å². The lowest BCUT2D eigenvalue weighted by Crippen LogP contribution is -2.38. The van der Waals surface area contributed by atoms with Crippen LogP contribution in [0.4, 0.5) is 0 Å². The molecule has 0 saturated carbocycles. The van der Waals surface area contributed by atoms with Crippen LogP contribution in [0.3, 0.4) is 0 Å². The van der Waals surface area contributed by atoms with Crippen LogP contribution >= 0.6 is 0 Å². The molecule has 4 nitrogen and oxygen atoms in total. The molecule has 1 saturated heterocycles. The standard InChI is InChI=1S/C13H18N2O2/c1-10(15-5-7-17-8-6-15)11-3-2-4-12(9-11)13(14)16/h2-4,9-10H,5-8H2,1H3,(H2,14,16). The van der Waals surface area contributed by atoms with Gasteiger partial charge in [-0.3, -0.25) is 9.69 Å². The van der Waals surface area contributed by atoms with Crippen LogP contribution in [0.25, 0.3) is 0 Å². The zero-order valence-electron chi connectivity index (χ0n) is 10.1. The molecular weight excluding hydrogens is 216 g/mol. The van der Waals surface area contributed by atoms with Crippen molar-refractivity contribution in [1.29, 1.82) is 0 Å². The van der Waals surface area contributed by atoms with E-state index in [0.717, 1.165) is 31.9 Å². The number of benzene rings is 1. The smallest absolute Gasteiger partial charge is 0.248 e. The minimum absolute atomic E-state index is 0.290. The highest BCUT2D eigenvalue weighted by atomic mass is 16.5. The third-order valence-corrected chi connectivity index (χ3v) is 3.25. The van der Waals surface area contributed by atoms with Gasteiger partial charge in [-0.05, 0) is 24.6 Å². The molecule has 1 aliphatic rings. The Morgan fingerprint density at radius 1 is 1.41 bits per heavy atom. The second-order valence-electron chi connectivity index (χ2n) is 4.31. The molecular formula is C13H18N2O2. The molecule has 0 aromatic heterocycles. The maximum Gasteiger partial charge on any atom is 0.248 e. The summed E-state index contributed by atoms with van der Waals surface area (Å²) in [7, 11) is 0. The van der Waals surface area contributed by atoms with Gasteiger partial charge in [0.2, 0.25) is 5.91 Å². The van der Waals surface area contributed by atoms with Crippen LogP contribution in [0.15, 0.2) is 24.3 Å². The van der Waals surface area contributed by atoms with E-state index in [4.69, 9.17) is 10.5 Å². The Labute approximate surface area is 101 Å². The van der Waals surface area contributed by atoms with Gasteiger partial charge in [-0.2, -0.15) is 0 Å². The van der Waals surface area contributed by atoms with Gasteiger partial charge in [0.25, 0.3) is 0 Å². The first-order valence-corrected chi connectivity index (χ1v) is 5.90. The van der Waals surface area contributed by atoms with E-state index < -0.39 is 0 Å². The molecule has 1 fully saturated rings. The first kappa shape index (κ1) is 12.1. The minimum atomic E-state index is -0.374. The van der Waals surface area contributed by atoms with E-state index in [1.54, 1.807) is 6.07 Å². The third kappa shape index (κ3) is 2.84. The van der Waals surface area contributed by atoms with E-state index in [0.29, 0.717) is 5.56 Å². The van der Waals surface area contributed by atoms with Crippen LogP contribution in [0.5, 0.6) is 0 Å². The predicted molar refractivity (Wildman–Crippen MR) is 65.8 cm³/mol. The monoisotopic (exact) mass is 234 g/mol. The maximum absolute atomic E-state index is 11.1. The molecule has 92 valence electrons. The van der Waals surface area contributed by atoms with Crippen molar-refractivity contribution >= 4 is 5.91 Å².